The quantitative estimate of drug-likeness (QED) is 0.354. The average Bonchev–Trinajstić information content (AvgIpc) is 2.99. The number of para-hydroxylation sites is 1. The first-order valence-corrected chi connectivity index (χ1v) is 8.92. The summed E-state index contributed by atoms with van der Waals surface area (Å²) < 4.78 is 7.16. The molecule has 0 aliphatic rings. The van der Waals surface area contributed by atoms with Crippen molar-refractivity contribution < 1.29 is 9.53 Å². The molecule has 1 amide bonds. The van der Waals surface area contributed by atoms with Gasteiger partial charge in [-0.2, -0.15) is 0 Å². The number of nitrogens with two attached hydrogens (primary N) is 1. The third kappa shape index (κ3) is 4.00. The van der Waals surface area contributed by atoms with Crippen LogP contribution in [0.5, 0.6) is 5.75 Å². The van der Waals surface area contributed by atoms with Crippen molar-refractivity contribution in [1.29, 1.82) is 5.41 Å². The molecule has 134 valence electrons. The molecule has 0 radical (unpaired) electrons. The number of methoxy groups -OCH3 is 1. The molecule has 3 rings (SSSR count). The highest BCUT2D eigenvalue weighted by Gasteiger charge is 2.10. The van der Waals surface area contributed by atoms with Crippen LogP contribution in [0.3, 0.4) is 0 Å². The molecule has 0 spiro atoms. The van der Waals surface area contributed by atoms with Gasteiger partial charge >= 0.3 is 0 Å². The van der Waals surface area contributed by atoms with E-state index in [0.717, 1.165) is 21.5 Å². The zero-order valence-electron chi connectivity index (χ0n) is 14.4. The second-order valence-corrected chi connectivity index (χ2v) is 6.74. The number of nitrogens with zero attached hydrogens (tertiary/aromatic N) is 1. The van der Waals surface area contributed by atoms with E-state index in [1.165, 1.54) is 11.8 Å². The number of rotatable bonds is 6. The minimum absolute atomic E-state index is 0.0562. The summed E-state index contributed by atoms with van der Waals surface area (Å²) in [6.45, 7) is 1.12. The van der Waals surface area contributed by atoms with Crippen LogP contribution in [-0.4, -0.2) is 29.3 Å². The monoisotopic (exact) mass is 368 g/mol. The number of amidine groups is 1. The first-order chi connectivity index (χ1) is 12.6. The SMILES string of the molecule is COc1ccc(C(=O)NCCn2cc(SC(=N)N)c3ccccc32)cc1. The summed E-state index contributed by atoms with van der Waals surface area (Å²) in [5.74, 6) is 0.596. The molecule has 7 heteroatoms. The van der Waals surface area contributed by atoms with Crippen LogP contribution in [0.15, 0.2) is 59.6 Å². The fourth-order valence-electron chi connectivity index (χ4n) is 2.73. The number of amides is 1. The Morgan fingerprint density at radius 1 is 1.23 bits per heavy atom. The van der Waals surface area contributed by atoms with E-state index in [2.05, 4.69) is 9.88 Å². The van der Waals surface area contributed by atoms with Crippen molar-refractivity contribution in [2.75, 3.05) is 13.7 Å². The van der Waals surface area contributed by atoms with Crippen LogP contribution in [0, 0.1) is 5.41 Å². The van der Waals surface area contributed by atoms with Gasteiger partial charge in [0.05, 0.1) is 7.11 Å². The Bertz CT molecular complexity index is 934. The molecular weight excluding hydrogens is 348 g/mol. The van der Waals surface area contributed by atoms with Crippen molar-refractivity contribution >= 4 is 33.7 Å². The Hall–Kier alpha value is -2.93. The largest absolute Gasteiger partial charge is 0.497 e. The van der Waals surface area contributed by atoms with Gasteiger partial charge in [0.25, 0.3) is 5.91 Å². The molecule has 0 saturated heterocycles. The van der Waals surface area contributed by atoms with Gasteiger partial charge in [0, 0.05) is 40.6 Å². The predicted molar refractivity (Wildman–Crippen MR) is 105 cm³/mol. The smallest absolute Gasteiger partial charge is 0.251 e. The summed E-state index contributed by atoms with van der Waals surface area (Å²) in [5.41, 5.74) is 7.17. The van der Waals surface area contributed by atoms with Gasteiger partial charge in [0.1, 0.15) is 5.75 Å². The minimum atomic E-state index is -0.123. The van der Waals surface area contributed by atoms with Gasteiger partial charge in [-0.25, -0.2) is 0 Å². The Balaban J connectivity index is 1.67. The van der Waals surface area contributed by atoms with Crippen LogP contribution in [0.25, 0.3) is 10.9 Å². The molecule has 0 fully saturated rings. The molecule has 3 aromatic rings. The standard InChI is InChI=1S/C19H20N4O2S/c1-25-14-8-6-13(7-9-14)18(24)22-10-11-23-12-17(26-19(20)21)15-4-2-3-5-16(15)23/h2-9,12H,10-11H2,1H3,(H3,20,21)(H,22,24). The van der Waals surface area contributed by atoms with Crippen LogP contribution < -0.4 is 15.8 Å². The lowest BCUT2D eigenvalue weighted by Crippen LogP contribution is -2.27. The molecule has 0 saturated carbocycles. The lowest BCUT2D eigenvalue weighted by Gasteiger charge is -2.08. The number of fused-ring (bicyclic) bond motifs is 1. The van der Waals surface area contributed by atoms with E-state index in [-0.39, 0.29) is 11.1 Å². The molecule has 2 aromatic carbocycles. The number of aromatic nitrogens is 1. The summed E-state index contributed by atoms with van der Waals surface area (Å²) in [6.07, 6.45) is 1.97. The molecule has 1 aromatic heterocycles. The Morgan fingerprint density at radius 2 is 1.96 bits per heavy atom. The van der Waals surface area contributed by atoms with E-state index in [1.807, 2.05) is 30.5 Å². The first-order valence-electron chi connectivity index (χ1n) is 8.10. The summed E-state index contributed by atoms with van der Waals surface area (Å²) in [5, 5.41) is 11.5. The van der Waals surface area contributed by atoms with E-state index >= 15 is 0 Å². The number of carbonyl (C=O) groups excluding carboxylic acids is 1. The van der Waals surface area contributed by atoms with E-state index in [4.69, 9.17) is 15.9 Å². The molecule has 6 nitrogen and oxygen atoms in total. The highest BCUT2D eigenvalue weighted by atomic mass is 32.2. The number of carbonyl (C=O) groups is 1. The number of hydrogen-bond acceptors (Lipinski definition) is 4. The Morgan fingerprint density at radius 3 is 2.65 bits per heavy atom. The third-order valence-electron chi connectivity index (χ3n) is 3.96. The molecule has 0 atom stereocenters. The Labute approximate surface area is 155 Å². The van der Waals surface area contributed by atoms with Gasteiger partial charge in [-0.3, -0.25) is 10.2 Å². The fourth-order valence-corrected chi connectivity index (χ4v) is 3.43. The maximum absolute atomic E-state index is 12.2. The van der Waals surface area contributed by atoms with Crippen molar-refractivity contribution in [3.8, 4) is 5.75 Å². The predicted octanol–water partition coefficient (Wildman–Crippen LogP) is 3.07. The van der Waals surface area contributed by atoms with E-state index in [1.54, 1.807) is 31.4 Å². The summed E-state index contributed by atoms with van der Waals surface area (Å²) >= 11 is 1.23. The van der Waals surface area contributed by atoms with E-state index in [9.17, 15) is 4.79 Å². The van der Waals surface area contributed by atoms with Crippen LogP contribution in [0.4, 0.5) is 0 Å². The summed E-state index contributed by atoms with van der Waals surface area (Å²) in [6, 6.07) is 15.0. The van der Waals surface area contributed by atoms with Crippen LogP contribution in [0.2, 0.25) is 0 Å². The van der Waals surface area contributed by atoms with Gasteiger partial charge in [0.2, 0.25) is 0 Å². The molecular formula is C19H20N4O2S. The van der Waals surface area contributed by atoms with E-state index in [0.29, 0.717) is 18.7 Å². The second-order valence-electron chi connectivity index (χ2n) is 5.65. The highest BCUT2D eigenvalue weighted by Crippen LogP contribution is 2.29. The van der Waals surface area contributed by atoms with E-state index < -0.39 is 0 Å². The van der Waals surface area contributed by atoms with Crippen molar-refractivity contribution in [3.05, 3.63) is 60.3 Å². The molecule has 0 aliphatic carbocycles. The molecule has 1 heterocycles. The average molecular weight is 368 g/mol. The molecule has 0 aliphatic heterocycles. The van der Waals surface area contributed by atoms with Crippen molar-refractivity contribution in [1.82, 2.24) is 9.88 Å². The van der Waals surface area contributed by atoms with Gasteiger partial charge in [-0.05, 0) is 30.3 Å². The maximum Gasteiger partial charge on any atom is 0.251 e. The zero-order valence-corrected chi connectivity index (χ0v) is 15.2. The summed E-state index contributed by atoms with van der Waals surface area (Å²) in [4.78, 5) is 13.2. The maximum atomic E-state index is 12.2. The van der Waals surface area contributed by atoms with Crippen LogP contribution in [-0.2, 0) is 6.54 Å². The zero-order chi connectivity index (χ0) is 18.5. The normalized spacial score (nSPS) is 10.7. The van der Waals surface area contributed by atoms with Crippen molar-refractivity contribution in [3.63, 3.8) is 0 Å². The minimum Gasteiger partial charge on any atom is -0.497 e. The van der Waals surface area contributed by atoms with Gasteiger partial charge < -0.3 is 20.4 Å². The molecule has 26 heavy (non-hydrogen) atoms. The number of nitrogens with one attached hydrogen (secondary N) is 2. The molecule has 0 unspecified atom stereocenters. The van der Waals surface area contributed by atoms with Gasteiger partial charge in [0.15, 0.2) is 5.17 Å². The third-order valence-corrected chi connectivity index (χ3v) is 4.73. The lowest BCUT2D eigenvalue weighted by molar-refractivity contribution is 0.0952. The topological polar surface area (TPSA) is 93.1 Å². The summed E-state index contributed by atoms with van der Waals surface area (Å²) in [7, 11) is 1.59. The molecule has 4 N–H and O–H groups in total. The molecule has 0 bridgehead atoms. The fraction of sp³-hybridized carbons (Fsp3) is 0.158. The van der Waals surface area contributed by atoms with Gasteiger partial charge in [-0.15, -0.1) is 0 Å². The van der Waals surface area contributed by atoms with Crippen molar-refractivity contribution in [2.45, 2.75) is 11.4 Å². The highest BCUT2D eigenvalue weighted by molar-refractivity contribution is 8.13. The first kappa shape index (κ1) is 17.9. The number of hydrogen-bond donors (Lipinski definition) is 3. The van der Waals surface area contributed by atoms with Crippen LogP contribution in [0.1, 0.15) is 10.4 Å². The Kier molecular flexibility index (Phi) is 5.48. The lowest BCUT2D eigenvalue weighted by atomic mass is 10.2. The second kappa shape index (κ2) is 7.97. The van der Waals surface area contributed by atoms with Gasteiger partial charge in [-0.1, -0.05) is 30.0 Å². The number of thioether (sulfide) groups is 1. The van der Waals surface area contributed by atoms with Crippen molar-refractivity contribution in [2.24, 2.45) is 5.73 Å². The number of ether oxygens (including phenoxy) is 1. The van der Waals surface area contributed by atoms with Crippen LogP contribution >= 0.6 is 11.8 Å². The number of benzene rings is 2.